The minimum absolute atomic E-state index is 0.648. The second-order valence-electron chi connectivity index (χ2n) is 5.85. The molecule has 1 N–H and O–H groups in total. The molecule has 5 heteroatoms. The van der Waals surface area contributed by atoms with Crippen molar-refractivity contribution in [1.29, 1.82) is 0 Å². The van der Waals surface area contributed by atoms with Crippen molar-refractivity contribution in [2.45, 2.75) is 26.3 Å². The molecule has 1 saturated heterocycles. The Morgan fingerprint density at radius 3 is 2.76 bits per heavy atom. The van der Waals surface area contributed by atoms with Gasteiger partial charge in [-0.15, -0.1) is 0 Å². The van der Waals surface area contributed by atoms with Crippen molar-refractivity contribution in [2.24, 2.45) is 5.92 Å². The highest BCUT2D eigenvalue weighted by Gasteiger charge is 2.18. The van der Waals surface area contributed by atoms with E-state index in [0.29, 0.717) is 10.0 Å². The zero-order valence-electron chi connectivity index (χ0n) is 12.1. The van der Waals surface area contributed by atoms with Crippen molar-refractivity contribution >= 4 is 23.2 Å². The summed E-state index contributed by atoms with van der Waals surface area (Å²) in [5.41, 5.74) is 3.14. The molecule has 0 unspecified atom stereocenters. The number of rotatable bonds is 3. The van der Waals surface area contributed by atoms with E-state index in [9.17, 15) is 0 Å². The molecule has 0 amide bonds. The van der Waals surface area contributed by atoms with Gasteiger partial charge in [-0.1, -0.05) is 30.1 Å². The maximum atomic E-state index is 6.31. The first-order valence-corrected chi connectivity index (χ1v) is 8.09. The zero-order chi connectivity index (χ0) is 14.8. The molecule has 0 aliphatic carbocycles. The van der Waals surface area contributed by atoms with Crippen LogP contribution >= 0.6 is 23.2 Å². The van der Waals surface area contributed by atoms with Gasteiger partial charge in [0.15, 0.2) is 0 Å². The van der Waals surface area contributed by atoms with Gasteiger partial charge >= 0.3 is 0 Å². The third kappa shape index (κ3) is 3.42. The number of nitrogens with zero attached hydrogens (tertiary/aromatic N) is 2. The minimum Gasteiger partial charge on any atom is -0.299 e. The van der Waals surface area contributed by atoms with Crippen LogP contribution in [0.15, 0.2) is 24.4 Å². The van der Waals surface area contributed by atoms with E-state index in [1.54, 1.807) is 6.07 Å². The van der Waals surface area contributed by atoms with Crippen LogP contribution in [0, 0.1) is 5.92 Å². The molecular formula is C16H19Cl2N3. The summed E-state index contributed by atoms with van der Waals surface area (Å²) < 4.78 is 0. The first kappa shape index (κ1) is 14.9. The molecule has 0 atom stereocenters. The van der Waals surface area contributed by atoms with Gasteiger partial charge in [0.05, 0.1) is 16.9 Å². The van der Waals surface area contributed by atoms with Crippen LogP contribution in [0.2, 0.25) is 10.0 Å². The molecule has 0 radical (unpaired) electrons. The summed E-state index contributed by atoms with van der Waals surface area (Å²) in [6, 6.07) is 5.57. The number of halogens is 2. The first-order valence-electron chi connectivity index (χ1n) is 7.33. The molecule has 2 heterocycles. The van der Waals surface area contributed by atoms with E-state index in [4.69, 9.17) is 23.2 Å². The standard InChI is InChI=1S/C16H19Cl2N3/c1-11-4-6-21(7-5-11)10-12-9-19-20-16(12)14-3-2-13(17)8-15(14)18/h2-3,8-9,11H,4-7,10H2,1H3,(H,19,20). The predicted molar refractivity (Wildman–Crippen MR) is 87.7 cm³/mol. The Labute approximate surface area is 135 Å². The van der Waals surface area contributed by atoms with Crippen LogP contribution in [0.25, 0.3) is 11.3 Å². The molecule has 112 valence electrons. The average molecular weight is 324 g/mol. The van der Waals surface area contributed by atoms with Crippen LogP contribution in [-0.4, -0.2) is 28.2 Å². The van der Waals surface area contributed by atoms with Crippen LogP contribution in [0.1, 0.15) is 25.3 Å². The lowest BCUT2D eigenvalue weighted by molar-refractivity contribution is 0.185. The molecule has 21 heavy (non-hydrogen) atoms. The van der Waals surface area contributed by atoms with Gasteiger partial charge < -0.3 is 0 Å². The Morgan fingerprint density at radius 1 is 1.29 bits per heavy atom. The van der Waals surface area contributed by atoms with Crippen molar-refractivity contribution in [3.8, 4) is 11.3 Å². The number of H-pyrrole nitrogens is 1. The van der Waals surface area contributed by atoms with Crippen LogP contribution in [0.4, 0.5) is 0 Å². The minimum atomic E-state index is 0.648. The topological polar surface area (TPSA) is 31.9 Å². The highest BCUT2D eigenvalue weighted by molar-refractivity contribution is 6.36. The quantitative estimate of drug-likeness (QED) is 0.894. The second kappa shape index (κ2) is 6.39. The van der Waals surface area contributed by atoms with Crippen LogP contribution < -0.4 is 0 Å². The molecule has 3 rings (SSSR count). The number of hydrogen-bond acceptors (Lipinski definition) is 2. The van der Waals surface area contributed by atoms with E-state index in [1.165, 1.54) is 18.4 Å². The van der Waals surface area contributed by atoms with Gasteiger partial charge in [-0.3, -0.25) is 10.00 Å². The Bertz CT molecular complexity index is 616. The first-order chi connectivity index (χ1) is 10.1. The van der Waals surface area contributed by atoms with E-state index < -0.39 is 0 Å². The second-order valence-corrected chi connectivity index (χ2v) is 6.70. The fraction of sp³-hybridized carbons (Fsp3) is 0.438. The lowest BCUT2D eigenvalue weighted by Crippen LogP contribution is -2.32. The van der Waals surface area contributed by atoms with Crippen molar-refractivity contribution in [3.63, 3.8) is 0 Å². The molecule has 1 aromatic heterocycles. The fourth-order valence-corrected chi connectivity index (χ4v) is 3.32. The van der Waals surface area contributed by atoms with Gasteiger partial charge in [0.2, 0.25) is 0 Å². The van der Waals surface area contributed by atoms with E-state index >= 15 is 0 Å². The summed E-state index contributed by atoms with van der Waals surface area (Å²) in [5, 5.41) is 8.58. The van der Waals surface area contributed by atoms with Crippen LogP contribution in [0.5, 0.6) is 0 Å². The highest BCUT2D eigenvalue weighted by Crippen LogP contribution is 2.32. The van der Waals surface area contributed by atoms with Gasteiger partial charge in [0.1, 0.15) is 0 Å². The summed E-state index contributed by atoms with van der Waals surface area (Å²) >= 11 is 12.3. The van der Waals surface area contributed by atoms with Crippen LogP contribution in [0.3, 0.4) is 0 Å². The summed E-state index contributed by atoms with van der Waals surface area (Å²) in [6.45, 7) is 5.55. The number of piperidine rings is 1. The lowest BCUT2D eigenvalue weighted by atomic mass is 9.98. The largest absolute Gasteiger partial charge is 0.299 e. The van der Waals surface area contributed by atoms with E-state index in [2.05, 4.69) is 22.0 Å². The average Bonchev–Trinajstić information content (AvgIpc) is 2.89. The molecule has 1 aliphatic heterocycles. The van der Waals surface area contributed by atoms with Crippen molar-refractivity contribution < 1.29 is 0 Å². The summed E-state index contributed by atoms with van der Waals surface area (Å²) in [7, 11) is 0. The van der Waals surface area contributed by atoms with Gasteiger partial charge in [-0.2, -0.15) is 5.10 Å². The molecule has 1 aromatic carbocycles. The third-order valence-corrected chi connectivity index (χ3v) is 4.74. The van der Waals surface area contributed by atoms with Crippen molar-refractivity contribution in [3.05, 3.63) is 40.0 Å². The molecule has 3 nitrogen and oxygen atoms in total. The Hall–Kier alpha value is -1.03. The maximum Gasteiger partial charge on any atom is 0.0710 e. The van der Waals surface area contributed by atoms with Crippen molar-refractivity contribution in [1.82, 2.24) is 15.1 Å². The smallest absolute Gasteiger partial charge is 0.0710 e. The highest BCUT2D eigenvalue weighted by atomic mass is 35.5. The van der Waals surface area contributed by atoms with Crippen LogP contribution in [-0.2, 0) is 6.54 Å². The monoisotopic (exact) mass is 323 g/mol. The fourth-order valence-electron chi connectivity index (χ4n) is 2.82. The van der Waals surface area contributed by atoms with Gasteiger partial charge in [0, 0.05) is 22.7 Å². The molecule has 0 bridgehead atoms. The van der Waals surface area contributed by atoms with E-state index in [-0.39, 0.29) is 0 Å². The van der Waals surface area contributed by atoms with Gasteiger partial charge in [-0.25, -0.2) is 0 Å². The lowest BCUT2D eigenvalue weighted by Gasteiger charge is -2.30. The number of benzene rings is 1. The number of aromatic amines is 1. The van der Waals surface area contributed by atoms with E-state index in [1.807, 2.05) is 18.3 Å². The molecule has 0 saturated carbocycles. The predicted octanol–water partition coefficient (Wildman–Crippen LogP) is 4.62. The van der Waals surface area contributed by atoms with E-state index in [0.717, 1.165) is 36.8 Å². The van der Waals surface area contributed by atoms with Crippen molar-refractivity contribution in [2.75, 3.05) is 13.1 Å². The number of aromatic nitrogens is 2. The Balaban J connectivity index is 1.80. The Morgan fingerprint density at radius 2 is 2.05 bits per heavy atom. The number of hydrogen-bond donors (Lipinski definition) is 1. The molecule has 1 fully saturated rings. The normalized spacial score (nSPS) is 17.3. The number of likely N-dealkylation sites (tertiary alicyclic amines) is 1. The molecular weight excluding hydrogens is 305 g/mol. The molecule has 0 spiro atoms. The Kier molecular flexibility index (Phi) is 4.53. The maximum absolute atomic E-state index is 6.31. The zero-order valence-corrected chi connectivity index (χ0v) is 13.6. The van der Waals surface area contributed by atoms with Gasteiger partial charge in [-0.05, 0) is 50.0 Å². The molecule has 2 aromatic rings. The number of nitrogens with one attached hydrogen (secondary N) is 1. The SMILES string of the molecule is CC1CCN(Cc2cn[nH]c2-c2ccc(Cl)cc2Cl)CC1. The summed E-state index contributed by atoms with van der Waals surface area (Å²) in [5.74, 6) is 0.843. The summed E-state index contributed by atoms with van der Waals surface area (Å²) in [6.07, 6.45) is 4.45. The van der Waals surface area contributed by atoms with Gasteiger partial charge in [0.25, 0.3) is 0 Å². The molecule has 1 aliphatic rings. The summed E-state index contributed by atoms with van der Waals surface area (Å²) in [4.78, 5) is 2.48. The third-order valence-electron chi connectivity index (χ3n) is 4.19.